The molecular weight excluding hydrogens is 250 g/mol. The molecule has 1 fully saturated rings. The van der Waals surface area contributed by atoms with E-state index < -0.39 is 0 Å². The zero-order valence-corrected chi connectivity index (χ0v) is 12.9. The maximum atomic E-state index is 12.5. The Kier molecular flexibility index (Phi) is 4.21. The van der Waals surface area contributed by atoms with Crippen LogP contribution in [0.5, 0.6) is 0 Å². The number of nitrogens with two attached hydrogens (primary N) is 1. The van der Waals surface area contributed by atoms with Gasteiger partial charge in [0.25, 0.3) is 5.91 Å². The SMILES string of the molecule is CC1CCN(C(=O)c2ccc(N(C)C)c(N)c2)CC1C. The van der Waals surface area contributed by atoms with Crippen LogP contribution in [0, 0.1) is 11.8 Å². The highest BCUT2D eigenvalue weighted by atomic mass is 16.2. The van der Waals surface area contributed by atoms with Crippen molar-refractivity contribution in [3.63, 3.8) is 0 Å². The van der Waals surface area contributed by atoms with Crippen molar-refractivity contribution in [3.05, 3.63) is 23.8 Å². The van der Waals surface area contributed by atoms with E-state index in [1.807, 2.05) is 36.0 Å². The third-order valence-corrected chi connectivity index (χ3v) is 4.38. The van der Waals surface area contributed by atoms with Crippen LogP contribution < -0.4 is 10.6 Å². The zero-order valence-electron chi connectivity index (χ0n) is 12.9. The number of nitrogen functional groups attached to an aromatic ring is 1. The second-order valence-electron chi connectivity index (χ2n) is 6.16. The monoisotopic (exact) mass is 275 g/mol. The average molecular weight is 275 g/mol. The molecule has 20 heavy (non-hydrogen) atoms. The van der Waals surface area contributed by atoms with Gasteiger partial charge in [-0.1, -0.05) is 13.8 Å². The third kappa shape index (κ3) is 2.89. The number of nitrogens with zero attached hydrogens (tertiary/aromatic N) is 2. The van der Waals surface area contributed by atoms with Gasteiger partial charge in [-0.2, -0.15) is 0 Å². The molecule has 2 N–H and O–H groups in total. The average Bonchev–Trinajstić information content (AvgIpc) is 2.40. The molecule has 110 valence electrons. The molecule has 2 atom stereocenters. The van der Waals surface area contributed by atoms with E-state index in [-0.39, 0.29) is 5.91 Å². The Labute approximate surface area is 121 Å². The van der Waals surface area contributed by atoms with Crippen LogP contribution in [0.3, 0.4) is 0 Å². The van der Waals surface area contributed by atoms with Crippen LogP contribution in [0.2, 0.25) is 0 Å². The maximum absolute atomic E-state index is 12.5. The standard InChI is InChI=1S/C16H25N3O/c1-11-7-8-19(10-12(11)2)16(20)13-5-6-15(18(3)4)14(17)9-13/h5-6,9,11-12H,7-8,10,17H2,1-4H3. The minimum atomic E-state index is 0.0979. The predicted octanol–water partition coefficient (Wildman–Crippen LogP) is 2.45. The van der Waals surface area contributed by atoms with Crippen molar-refractivity contribution < 1.29 is 4.79 Å². The quantitative estimate of drug-likeness (QED) is 0.843. The number of amides is 1. The maximum Gasteiger partial charge on any atom is 0.253 e. The smallest absolute Gasteiger partial charge is 0.253 e. The summed E-state index contributed by atoms with van der Waals surface area (Å²) in [5, 5.41) is 0. The molecule has 1 aromatic rings. The van der Waals surface area contributed by atoms with E-state index in [1.54, 1.807) is 6.07 Å². The predicted molar refractivity (Wildman–Crippen MR) is 84.0 cm³/mol. The van der Waals surface area contributed by atoms with Crippen LogP contribution in [0.25, 0.3) is 0 Å². The number of anilines is 2. The van der Waals surface area contributed by atoms with Crippen LogP contribution in [0.15, 0.2) is 18.2 Å². The largest absolute Gasteiger partial charge is 0.397 e. The van der Waals surface area contributed by atoms with Gasteiger partial charge < -0.3 is 15.5 Å². The number of rotatable bonds is 2. The number of carbonyl (C=O) groups excluding carboxylic acids is 1. The van der Waals surface area contributed by atoms with E-state index in [4.69, 9.17) is 5.73 Å². The lowest BCUT2D eigenvalue weighted by molar-refractivity contribution is 0.0627. The summed E-state index contributed by atoms with van der Waals surface area (Å²) in [6.45, 7) is 6.17. The molecule has 4 nitrogen and oxygen atoms in total. The molecule has 1 aromatic carbocycles. The lowest BCUT2D eigenvalue weighted by Gasteiger charge is -2.35. The molecule has 0 aliphatic carbocycles. The summed E-state index contributed by atoms with van der Waals surface area (Å²) in [4.78, 5) is 16.4. The van der Waals surface area contributed by atoms with E-state index >= 15 is 0 Å². The minimum absolute atomic E-state index is 0.0979. The van der Waals surface area contributed by atoms with E-state index in [2.05, 4.69) is 13.8 Å². The Morgan fingerprint density at radius 1 is 1.30 bits per heavy atom. The molecule has 0 bridgehead atoms. The van der Waals surface area contributed by atoms with E-state index in [0.717, 1.165) is 25.2 Å². The first kappa shape index (κ1) is 14.7. The second kappa shape index (κ2) is 5.73. The Bertz CT molecular complexity index is 498. The number of piperidine rings is 1. The highest BCUT2D eigenvalue weighted by Crippen LogP contribution is 2.26. The molecule has 2 rings (SSSR count). The fourth-order valence-electron chi connectivity index (χ4n) is 2.72. The van der Waals surface area contributed by atoms with Crippen molar-refractivity contribution in [1.29, 1.82) is 0 Å². The number of benzene rings is 1. The van der Waals surface area contributed by atoms with Crippen molar-refractivity contribution in [2.24, 2.45) is 11.8 Å². The van der Waals surface area contributed by atoms with Gasteiger partial charge in [0.05, 0.1) is 11.4 Å². The number of hydrogen-bond acceptors (Lipinski definition) is 3. The normalized spacial score (nSPS) is 22.7. The first-order chi connectivity index (χ1) is 9.40. The van der Waals surface area contributed by atoms with Crippen LogP contribution in [0.1, 0.15) is 30.6 Å². The van der Waals surface area contributed by atoms with Crippen LogP contribution in [-0.2, 0) is 0 Å². The van der Waals surface area contributed by atoms with Gasteiger partial charge in [-0.25, -0.2) is 0 Å². The summed E-state index contributed by atoms with van der Waals surface area (Å²) >= 11 is 0. The molecule has 2 unspecified atom stereocenters. The van der Waals surface area contributed by atoms with Gasteiger partial charge in [0, 0.05) is 32.7 Å². The summed E-state index contributed by atoms with van der Waals surface area (Å²) in [6.07, 6.45) is 1.08. The summed E-state index contributed by atoms with van der Waals surface area (Å²) in [7, 11) is 3.89. The molecule has 1 saturated heterocycles. The fourth-order valence-corrected chi connectivity index (χ4v) is 2.72. The first-order valence-corrected chi connectivity index (χ1v) is 7.26. The molecule has 1 aliphatic heterocycles. The lowest BCUT2D eigenvalue weighted by atomic mass is 9.88. The number of carbonyl (C=O) groups is 1. The number of hydrogen-bond donors (Lipinski definition) is 1. The molecule has 4 heteroatoms. The van der Waals surface area contributed by atoms with Gasteiger partial charge in [0.2, 0.25) is 0 Å². The van der Waals surface area contributed by atoms with E-state index in [1.165, 1.54) is 0 Å². The Balaban J connectivity index is 2.15. The van der Waals surface area contributed by atoms with Crippen LogP contribution in [0.4, 0.5) is 11.4 Å². The molecular formula is C16H25N3O. The molecule has 0 saturated carbocycles. The van der Waals surface area contributed by atoms with Gasteiger partial charge in [0.15, 0.2) is 0 Å². The summed E-state index contributed by atoms with van der Waals surface area (Å²) < 4.78 is 0. The van der Waals surface area contributed by atoms with E-state index in [0.29, 0.717) is 23.1 Å². The molecule has 1 amide bonds. The van der Waals surface area contributed by atoms with Crippen molar-refractivity contribution in [1.82, 2.24) is 4.90 Å². The molecule has 1 heterocycles. The van der Waals surface area contributed by atoms with Gasteiger partial charge >= 0.3 is 0 Å². The van der Waals surface area contributed by atoms with Gasteiger partial charge in [-0.15, -0.1) is 0 Å². The van der Waals surface area contributed by atoms with E-state index in [9.17, 15) is 4.79 Å². The lowest BCUT2D eigenvalue weighted by Crippen LogP contribution is -2.42. The highest BCUT2D eigenvalue weighted by molar-refractivity contribution is 5.96. The van der Waals surface area contributed by atoms with Crippen molar-refractivity contribution >= 4 is 17.3 Å². The first-order valence-electron chi connectivity index (χ1n) is 7.26. The minimum Gasteiger partial charge on any atom is -0.397 e. The highest BCUT2D eigenvalue weighted by Gasteiger charge is 2.26. The fraction of sp³-hybridized carbons (Fsp3) is 0.562. The second-order valence-corrected chi connectivity index (χ2v) is 6.16. The van der Waals surface area contributed by atoms with Gasteiger partial charge in [-0.05, 0) is 36.5 Å². The third-order valence-electron chi connectivity index (χ3n) is 4.38. The Morgan fingerprint density at radius 2 is 2.00 bits per heavy atom. The van der Waals surface area contributed by atoms with Crippen LogP contribution >= 0.6 is 0 Å². The van der Waals surface area contributed by atoms with Crippen molar-refractivity contribution in [2.45, 2.75) is 20.3 Å². The molecule has 0 spiro atoms. The number of likely N-dealkylation sites (tertiary alicyclic amines) is 1. The van der Waals surface area contributed by atoms with Gasteiger partial charge in [-0.3, -0.25) is 4.79 Å². The van der Waals surface area contributed by atoms with Crippen molar-refractivity contribution in [3.8, 4) is 0 Å². The van der Waals surface area contributed by atoms with Crippen LogP contribution in [-0.4, -0.2) is 38.0 Å². The summed E-state index contributed by atoms with van der Waals surface area (Å²) in [5.41, 5.74) is 8.31. The molecule has 0 aromatic heterocycles. The summed E-state index contributed by atoms with van der Waals surface area (Å²) in [5.74, 6) is 1.35. The molecule has 0 radical (unpaired) electrons. The molecule has 1 aliphatic rings. The van der Waals surface area contributed by atoms with Crippen molar-refractivity contribution in [2.75, 3.05) is 37.8 Å². The topological polar surface area (TPSA) is 49.6 Å². The zero-order chi connectivity index (χ0) is 14.9. The summed E-state index contributed by atoms with van der Waals surface area (Å²) in [6, 6.07) is 5.58. The Morgan fingerprint density at radius 3 is 2.55 bits per heavy atom. The Hall–Kier alpha value is -1.71. The van der Waals surface area contributed by atoms with Gasteiger partial charge in [0.1, 0.15) is 0 Å².